The van der Waals surface area contributed by atoms with Gasteiger partial charge in [0.15, 0.2) is 5.82 Å². The molecule has 2 amide bonds. The van der Waals surface area contributed by atoms with E-state index in [0.29, 0.717) is 12.4 Å². The Labute approximate surface area is 144 Å². The molecule has 8 heteroatoms. The van der Waals surface area contributed by atoms with Crippen molar-refractivity contribution in [2.45, 2.75) is 32.7 Å². The summed E-state index contributed by atoms with van der Waals surface area (Å²) in [5.41, 5.74) is -0.102. The Morgan fingerprint density at radius 3 is 2.12 bits per heavy atom. The number of hydrogen-bond acceptors (Lipinski definition) is 5. The topological polar surface area (TPSA) is 80.4 Å². The van der Waals surface area contributed by atoms with E-state index >= 15 is 0 Å². The van der Waals surface area contributed by atoms with Crippen LogP contribution in [0.1, 0.15) is 32.4 Å². The predicted molar refractivity (Wildman–Crippen MR) is 93.9 cm³/mol. The maximum atomic E-state index is 12.5. The lowest BCUT2D eigenvalue weighted by molar-refractivity contribution is 0.189. The second-order valence-electron chi connectivity index (χ2n) is 7.61. The molecule has 2 rings (SSSR count). The summed E-state index contributed by atoms with van der Waals surface area (Å²) in [5, 5.41) is 10.1. The van der Waals surface area contributed by atoms with Gasteiger partial charge >= 0.3 is 6.03 Å². The molecule has 136 valence electrons. The second-order valence-corrected chi connectivity index (χ2v) is 7.61. The number of aromatic nitrogens is 3. The van der Waals surface area contributed by atoms with Gasteiger partial charge in [0.25, 0.3) is 0 Å². The van der Waals surface area contributed by atoms with Crippen molar-refractivity contribution < 1.29 is 4.79 Å². The molecular weight excluding hydrogens is 306 g/mol. The van der Waals surface area contributed by atoms with Gasteiger partial charge in [-0.1, -0.05) is 20.8 Å². The van der Waals surface area contributed by atoms with Crippen molar-refractivity contribution in [2.24, 2.45) is 0 Å². The van der Waals surface area contributed by atoms with Crippen LogP contribution in [-0.2, 0) is 12.0 Å². The molecule has 0 atom stereocenters. The summed E-state index contributed by atoms with van der Waals surface area (Å²) in [6.07, 6.45) is 0. The summed E-state index contributed by atoms with van der Waals surface area (Å²) in [4.78, 5) is 23.3. The molecule has 0 aromatic carbocycles. The van der Waals surface area contributed by atoms with Gasteiger partial charge < -0.3 is 20.0 Å². The van der Waals surface area contributed by atoms with E-state index in [2.05, 4.69) is 65.2 Å². The Morgan fingerprint density at radius 2 is 1.62 bits per heavy atom. The highest BCUT2D eigenvalue weighted by Crippen LogP contribution is 2.17. The van der Waals surface area contributed by atoms with E-state index in [-0.39, 0.29) is 11.4 Å². The lowest BCUT2D eigenvalue weighted by Gasteiger charge is -2.24. The lowest BCUT2D eigenvalue weighted by atomic mass is 9.96. The minimum Gasteiger partial charge on any atom is -0.331 e. The molecule has 0 spiro atoms. The molecule has 0 bridgehead atoms. The molecular formula is C16H31N7O. The molecule has 1 aliphatic rings. The van der Waals surface area contributed by atoms with Gasteiger partial charge in [-0.2, -0.15) is 5.10 Å². The fraction of sp³-hybridized carbons (Fsp3) is 0.812. The van der Waals surface area contributed by atoms with Crippen molar-refractivity contribution >= 4 is 6.03 Å². The van der Waals surface area contributed by atoms with Gasteiger partial charge in [0, 0.05) is 44.7 Å². The summed E-state index contributed by atoms with van der Waals surface area (Å²) in [6, 6.07) is -0.0487. The second kappa shape index (κ2) is 7.94. The number of carbonyl (C=O) groups is 1. The number of H-pyrrole nitrogens is 1. The number of hydrogen-bond donors (Lipinski definition) is 2. The van der Waals surface area contributed by atoms with Gasteiger partial charge in [-0.25, -0.2) is 9.78 Å². The van der Waals surface area contributed by atoms with Crippen LogP contribution in [-0.4, -0.2) is 89.3 Å². The van der Waals surface area contributed by atoms with Crippen molar-refractivity contribution in [3.05, 3.63) is 11.6 Å². The average Bonchev–Trinajstić information content (AvgIpc) is 3.00. The molecule has 1 aromatic heterocycles. The van der Waals surface area contributed by atoms with Crippen molar-refractivity contribution in [3.63, 3.8) is 0 Å². The Kier molecular flexibility index (Phi) is 6.17. The van der Waals surface area contributed by atoms with Crippen LogP contribution in [0.3, 0.4) is 0 Å². The first-order chi connectivity index (χ1) is 11.3. The van der Waals surface area contributed by atoms with E-state index in [4.69, 9.17) is 0 Å². The van der Waals surface area contributed by atoms with Crippen LogP contribution in [0.15, 0.2) is 0 Å². The summed E-state index contributed by atoms with van der Waals surface area (Å²) in [5.74, 6) is 1.45. The van der Waals surface area contributed by atoms with Crippen molar-refractivity contribution in [1.82, 2.24) is 35.2 Å². The Hall–Kier alpha value is -1.67. The zero-order valence-corrected chi connectivity index (χ0v) is 15.6. The number of urea groups is 1. The quantitative estimate of drug-likeness (QED) is 0.821. The van der Waals surface area contributed by atoms with Crippen LogP contribution in [0.2, 0.25) is 0 Å². The Morgan fingerprint density at radius 1 is 1.08 bits per heavy atom. The zero-order valence-electron chi connectivity index (χ0n) is 15.6. The summed E-state index contributed by atoms with van der Waals surface area (Å²) in [6.45, 7) is 11.9. The Bertz CT molecular complexity index is 523. The number of amides is 2. The van der Waals surface area contributed by atoms with Crippen LogP contribution in [0.25, 0.3) is 0 Å². The van der Waals surface area contributed by atoms with Crippen LogP contribution in [0, 0.1) is 0 Å². The largest absolute Gasteiger partial charge is 0.331 e. The van der Waals surface area contributed by atoms with Crippen LogP contribution < -0.4 is 5.32 Å². The van der Waals surface area contributed by atoms with Crippen LogP contribution in [0.4, 0.5) is 4.79 Å². The van der Waals surface area contributed by atoms with Crippen LogP contribution >= 0.6 is 0 Å². The number of nitrogens with one attached hydrogen (secondary N) is 2. The third kappa shape index (κ3) is 5.45. The molecule has 0 saturated carbocycles. The summed E-state index contributed by atoms with van der Waals surface area (Å²) >= 11 is 0. The highest BCUT2D eigenvalue weighted by molar-refractivity contribution is 5.74. The number of rotatable bonds is 2. The van der Waals surface area contributed by atoms with Gasteiger partial charge in [0.1, 0.15) is 5.82 Å². The third-order valence-electron chi connectivity index (χ3n) is 4.26. The lowest BCUT2D eigenvalue weighted by Crippen LogP contribution is -2.44. The number of nitrogens with zero attached hydrogens (tertiary/aromatic N) is 5. The fourth-order valence-corrected chi connectivity index (χ4v) is 2.44. The molecule has 0 radical (unpaired) electrons. The maximum absolute atomic E-state index is 12.5. The molecule has 1 fully saturated rings. The van der Waals surface area contributed by atoms with E-state index in [1.165, 1.54) is 0 Å². The van der Waals surface area contributed by atoms with Gasteiger partial charge in [0.2, 0.25) is 0 Å². The van der Waals surface area contributed by atoms with E-state index in [0.717, 1.165) is 45.1 Å². The van der Waals surface area contributed by atoms with Gasteiger partial charge in [-0.3, -0.25) is 5.10 Å². The molecule has 8 nitrogen and oxygen atoms in total. The minimum atomic E-state index is -0.102. The number of likely N-dealkylation sites (N-methyl/N-ethyl adjacent to an activating group) is 2. The first kappa shape index (κ1) is 18.7. The molecule has 1 aromatic rings. The number of aromatic amines is 1. The van der Waals surface area contributed by atoms with Gasteiger partial charge in [0.05, 0.1) is 6.54 Å². The number of carbonyl (C=O) groups excluding carboxylic acids is 1. The first-order valence-electron chi connectivity index (χ1n) is 8.57. The first-order valence-corrected chi connectivity index (χ1v) is 8.57. The third-order valence-corrected chi connectivity index (χ3v) is 4.26. The molecule has 24 heavy (non-hydrogen) atoms. The highest BCUT2D eigenvalue weighted by atomic mass is 16.2. The van der Waals surface area contributed by atoms with Crippen LogP contribution in [0.5, 0.6) is 0 Å². The predicted octanol–water partition coefficient (Wildman–Crippen LogP) is 0.491. The van der Waals surface area contributed by atoms with Crippen molar-refractivity contribution in [1.29, 1.82) is 0 Å². The highest BCUT2D eigenvalue weighted by Gasteiger charge is 2.20. The SMILES string of the molecule is CN1CCN(C)CCN(C(=O)NCc2nc(C(C)(C)C)n[nH]2)CC1. The standard InChI is InChI=1S/C16H31N7O/c1-16(2,3)14-18-13(19-20-14)12-17-15(24)23-10-8-21(4)6-7-22(5)9-11-23/h6-12H2,1-5H3,(H,17,24)(H,18,19,20). The van der Waals surface area contributed by atoms with E-state index in [1.807, 2.05) is 4.90 Å². The van der Waals surface area contributed by atoms with Crippen molar-refractivity contribution in [3.8, 4) is 0 Å². The van der Waals surface area contributed by atoms with E-state index in [9.17, 15) is 4.79 Å². The fourth-order valence-electron chi connectivity index (χ4n) is 2.44. The van der Waals surface area contributed by atoms with Gasteiger partial charge in [-0.15, -0.1) is 0 Å². The molecule has 1 aliphatic heterocycles. The van der Waals surface area contributed by atoms with E-state index < -0.39 is 0 Å². The van der Waals surface area contributed by atoms with Crippen molar-refractivity contribution in [2.75, 3.05) is 53.4 Å². The molecule has 2 heterocycles. The summed E-state index contributed by atoms with van der Waals surface area (Å²) in [7, 11) is 4.19. The Balaban J connectivity index is 1.89. The van der Waals surface area contributed by atoms with E-state index in [1.54, 1.807) is 0 Å². The molecule has 0 aliphatic carbocycles. The minimum absolute atomic E-state index is 0.0487. The van der Waals surface area contributed by atoms with Gasteiger partial charge in [-0.05, 0) is 14.1 Å². The normalized spacial score (nSPS) is 18.8. The molecule has 2 N–H and O–H groups in total. The maximum Gasteiger partial charge on any atom is 0.317 e. The zero-order chi connectivity index (χ0) is 17.7. The molecule has 1 saturated heterocycles. The summed E-state index contributed by atoms with van der Waals surface area (Å²) < 4.78 is 0. The smallest absolute Gasteiger partial charge is 0.317 e. The monoisotopic (exact) mass is 337 g/mol. The average molecular weight is 337 g/mol. The molecule has 0 unspecified atom stereocenters.